The topological polar surface area (TPSA) is 235 Å². The number of nitrogens with one attached hydrogen (secondary N) is 3. The lowest BCUT2D eigenvalue weighted by molar-refractivity contribution is 0.0842. The van der Waals surface area contributed by atoms with Crippen LogP contribution in [0.4, 0.5) is 40.4 Å². The normalized spacial score (nSPS) is 12.1. The van der Waals surface area contributed by atoms with E-state index in [9.17, 15) is 38.0 Å². The van der Waals surface area contributed by atoms with Gasteiger partial charge in [0.25, 0.3) is 0 Å². The van der Waals surface area contributed by atoms with Crippen LogP contribution in [0.5, 0.6) is 23.0 Å². The number of fused-ring (bicyclic) bond motifs is 4. The minimum atomic E-state index is -1.10. The molecule has 6 aromatic carbocycles. The van der Waals surface area contributed by atoms with Gasteiger partial charge in [-0.1, -0.05) is 48.5 Å². The lowest BCUT2D eigenvalue weighted by Crippen LogP contribution is -2.19. The molecule has 0 saturated carbocycles. The highest BCUT2D eigenvalue weighted by Gasteiger charge is 2.13. The molecular weight excluding hydrogens is 1240 g/mol. The Morgan fingerprint density at radius 2 is 0.691 bits per heavy atom. The van der Waals surface area contributed by atoms with Gasteiger partial charge in [-0.05, 0) is 146 Å². The van der Waals surface area contributed by atoms with Gasteiger partial charge in [-0.2, -0.15) is 0 Å². The molecule has 0 fully saturated rings. The molecule has 502 valence electrons. The summed E-state index contributed by atoms with van der Waals surface area (Å²) in [5.41, 5.74) is 13.7. The molecule has 18 nitrogen and oxygen atoms in total. The van der Waals surface area contributed by atoms with Gasteiger partial charge in [0.1, 0.15) is 106 Å². The maximum absolute atomic E-state index is 12.3. The molecule has 12 aromatic rings. The van der Waals surface area contributed by atoms with Crippen molar-refractivity contribution in [2.45, 2.75) is 24.4 Å². The van der Waals surface area contributed by atoms with Crippen molar-refractivity contribution in [1.82, 2.24) is 29.9 Å². The second kappa shape index (κ2) is 35.1. The molecule has 0 aliphatic heterocycles. The van der Waals surface area contributed by atoms with Crippen LogP contribution >= 0.6 is 0 Å². The zero-order valence-electron chi connectivity index (χ0n) is 54.2. The predicted molar refractivity (Wildman–Crippen MR) is 377 cm³/mol. The first-order chi connectivity index (χ1) is 47.1. The van der Waals surface area contributed by atoms with Gasteiger partial charge in [0, 0.05) is 91.0 Å². The lowest BCUT2D eigenvalue weighted by atomic mass is 10.1. The van der Waals surface area contributed by atoms with Crippen molar-refractivity contribution in [2.75, 3.05) is 109 Å². The van der Waals surface area contributed by atoms with Crippen LogP contribution < -0.4 is 39.8 Å². The third kappa shape index (κ3) is 20.1. The summed E-state index contributed by atoms with van der Waals surface area (Å²) in [4.78, 5) is 29.3. The van der Waals surface area contributed by atoms with Crippen molar-refractivity contribution in [3.05, 3.63) is 207 Å². The molecule has 7 N–H and O–H groups in total. The van der Waals surface area contributed by atoms with Crippen LogP contribution in [0.1, 0.15) is 0 Å². The number of nitrogens with zero attached hydrogens (tertiary/aromatic N) is 7. The number of aliphatic hydroxyl groups is 4. The third-order valence-electron chi connectivity index (χ3n) is 14.9. The lowest BCUT2D eigenvalue weighted by Gasteiger charge is -2.13. The second-order valence-corrected chi connectivity index (χ2v) is 22.3. The molecule has 12 rings (SSSR count). The Labute approximate surface area is 559 Å². The van der Waals surface area contributed by atoms with Crippen molar-refractivity contribution in [3.63, 3.8) is 0 Å². The average molecular weight is 1320 g/mol. The summed E-state index contributed by atoms with van der Waals surface area (Å²) < 4.78 is 70.5. The van der Waals surface area contributed by atoms with Gasteiger partial charge < -0.3 is 60.2 Å². The standard InChI is InChI=1S/C20H21FN2O2.C19H19FN2O2.2C18H18FN3O2/c1-23(2)16-6-3-14(4-7-16)19-9-5-15-11-18(8-10-20(15)22-19)25-13-17(24)12-21;1-21-15-5-2-13(3-6-15)18-8-4-14-10-17(7-9-19(14)22-18)24-12-16(23)11-20;1-20-18-7-3-13(10-21-18)17-5-2-12-8-15(4-6-16(12)22-17)24-11-14(23)9-19;1-20-13-3-6-17(21-10-13)18-5-2-12-8-15(4-7-16(12)22-18)24-11-14(23)9-19/h3-11,17,24H,12-13H2,1-2H3;2-10,16,21,23H,11-12H2,1H3;2-8,10,14,23H,9,11H2,1H3,(H,20,21);2-8,10,14,20,23H,9,11H2,1H3/t17-;16-;2*14-/m1111/s1. The van der Waals surface area contributed by atoms with E-state index in [-0.39, 0.29) is 26.4 Å². The van der Waals surface area contributed by atoms with Gasteiger partial charge >= 0.3 is 0 Å². The van der Waals surface area contributed by atoms with Crippen LogP contribution in [-0.2, 0) is 0 Å². The molecule has 0 bridgehead atoms. The molecule has 0 spiro atoms. The smallest absolute Gasteiger partial charge is 0.125 e. The number of hydrogen-bond acceptors (Lipinski definition) is 18. The third-order valence-corrected chi connectivity index (χ3v) is 14.9. The quantitative estimate of drug-likeness (QED) is 0.0279. The van der Waals surface area contributed by atoms with Crippen LogP contribution in [0.2, 0.25) is 0 Å². The predicted octanol–water partition coefficient (Wildman–Crippen LogP) is 13.4. The Morgan fingerprint density at radius 3 is 1.02 bits per heavy atom. The molecule has 0 amide bonds. The molecule has 6 aromatic heterocycles. The number of aromatic nitrogens is 6. The van der Waals surface area contributed by atoms with Gasteiger partial charge in [-0.25, -0.2) is 42.5 Å². The summed E-state index contributed by atoms with van der Waals surface area (Å²) in [6.45, 7) is -3.55. The van der Waals surface area contributed by atoms with E-state index in [2.05, 4.69) is 70.0 Å². The van der Waals surface area contributed by atoms with Crippen molar-refractivity contribution >= 4 is 66.5 Å². The number of alkyl halides is 4. The van der Waals surface area contributed by atoms with E-state index in [4.69, 9.17) is 23.9 Å². The Morgan fingerprint density at radius 1 is 0.351 bits per heavy atom. The Bertz CT molecular complexity index is 4120. The van der Waals surface area contributed by atoms with Gasteiger partial charge in [-0.3, -0.25) is 4.98 Å². The number of halogens is 4. The Balaban J connectivity index is 0.000000152. The average Bonchev–Trinajstić information content (AvgIpc) is 0.964. The van der Waals surface area contributed by atoms with Gasteiger partial charge in [-0.15, -0.1) is 0 Å². The second-order valence-electron chi connectivity index (χ2n) is 22.3. The molecule has 0 saturated heterocycles. The first-order valence-corrected chi connectivity index (χ1v) is 31.1. The maximum Gasteiger partial charge on any atom is 0.125 e. The van der Waals surface area contributed by atoms with Crippen LogP contribution in [0.15, 0.2) is 207 Å². The zero-order chi connectivity index (χ0) is 68.6. The minimum absolute atomic E-state index is 0.0637. The summed E-state index contributed by atoms with van der Waals surface area (Å²) in [6.07, 6.45) is -0.866. The Kier molecular flexibility index (Phi) is 25.5. The van der Waals surface area contributed by atoms with Crippen LogP contribution in [0, 0.1) is 0 Å². The van der Waals surface area contributed by atoms with Crippen LogP contribution in [-0.4, -0.2) is 163 Å². The number of benzene rings is 6. The number of anilines is 4. The molecule has 6 heterocycles. The highest BCUT2D eigenvalue weighted by atomic mass is 19.1. The van der Waals surface area contributed by atoms with Crippen molar-refractivity contribution in [1.29, 1.82) is 0 Å². The van der Waals surface area contributed by atoms with Gasteiger partial charge in [0.2, 0.25) is 0 Å². The fourth-order valence-corrected chi connectivity index (χ4v) is 9.47. The number of rotatable bonds is 24. The van der Waals surface area contributed by atoms with Crippen molar-refractivity contribution in [2.24, 2.45) is 0 Å². The summed E-state index contributed by atoms with van der Waals surface area (Å²) in [7, 11) is 9.57. The first-order valence-electron chi connectivity index (χ1n) is 31.1. The minimum Gasteiger partial charge on any atom is -0.491 e. The van der Waals surface area contributed by atoms with Gasteiger partial charge in [0.05, 0.1) is 62.4 Å². The highest BCUT2D eigenvalue weighted by Crippen LogP contribution is 2.30. The molecule has 0 aliphatic carbocycles. The van der Waals surface area contributed by atoms with Crippen molar-refractivity contribution < 1.29 is 56.9 Å². The van der Waals surface area contributed by atoms with E-state index in [1.54, 1.807) is 36.7 Å². The van der Waals surface area contributed by atoms with E-state index in [1.807, 2.05) is 181 Å². The molecule has 22 heteroatoms. The highest BCUT2D eigenvalue weighted by molar-refractivity contribution is 5.86. The summed E-state index contributed by atoms with van der Waals surface area (Å²) in [5.74, 6) is 3.12. The van der Waals surface area contributed by atoms with Crippen molar-refractivity contribution in [3.8, 4) is 68.2 Å². The Hall–Kier alpha value is -10.8. The van der Waals surface area contributed by atoms with Gasteiger partial charge in [0.15, 0.2) is 0 Å². The zero-order valence-corrected chi connectivity index (χ0v) is 54.2. The molecular formula is C75H76F4N10O8. The monoisotopic (exact) mass is 1320 g/mol. The first kappa shape index (κ1) is 70.5. The summed E-state index contributed by atoms with van der Waals surface area (Å²) in [5, 5.41) is 49.6. The van der Waals surface area contributed by atoms with E-state index >= 15 is 0 Å². The number of aliphatic hydroxyl groups excluding tert-OH is 4. The summed E-state index contributed by atoms with van der Waals surface area (Å²) >= 11 is 0. The molecule has 0 aliphatic rings. The molecule has 0 radical (unpaired) electrons. The summed E-state index contributed by atoms with van der Waals surface area (Å²) in [6, 6.07) is 61.3. The number of ether oxygens (including phenoxy) is 4. The largest absolute Gasteiger partial charge is 0.491 e. The fourth-order valence-electron chi connectivity index (χ4n) is 9.47. The van der Waals surface area contributed by atoms with E-state index in [0.29, 0.717) is 23.0 Å². The van der Waals surface area contributed by atoms with Crippen LogP contribution in [0.25, 0.3) is 88.8 Å². The fraction of sp³-hybridized carbons (Fsp3) is 0.227. The SMILES string of the molecule is CN(C)c1ccc(-c2ccc3cc(OC[C@H](O)CF)ccc3n2)cc1.CNc1ccc(-c2ccc3cc(OC[C@H](O)CF)ccc3n2)cc1.CNc1ccc(-c2ccc3cc(OC[C@H](O)CF)ccc3n2)cn1.CNc1ccc(-c2ccc3cc(OC[C@H](O)CF)ccc3n2)nc1. The van der Waals surface area contributed by atoms with E-state index in [1.165, 1.54) is 0 Å². The molecule has 0 unspecified atom stereocenters. The maximum atomic E-state index is 12.3. The number of hydrogen-bond donors (Lipinski definition) is 7. The molecule has 97 heavy (non-hydrogen) atoms. The van der Waals surface area contributed by atoms with Crippen LogP contribution in [0.3, 0.4) is 0 Å². The molecule has 4 atom stereocenters. The van der Waals surface area contributed by atoms with E-state index in [0.717, 1.165) is 112 Å². The number of pyridine rings is 6. The van der Waals surface area contributed by atoms with E-state index < -0.39 is 51.1 Å².